The van der Waals surface area contributed by atoms with Gasteiger partial charge in [-0.3, -0.25) is 9.89 Å². The van der Waals surface area contributed by atoms with E-state index in [2.05, 4.69) is 66.6 Å². The van der Waals surface area contributed by atoms with Crippen molar-refractivity contribution in [2.75, 3.05) is 5.32 Å². The Hall–Kier alpha value is -3.60. The van der Waals surface area contributed by atoms with Crippen molar-refractivity contribution in [2.45, 2.75) is 39.2 Å². The molecule has 0 bridgehead atoms. The Morgan fingerprint density at radius 3 is 2.42 bits per heavy atom. The van der Waals surface area contributed by atoms with Crippen LogP contribution >= 0.6 is 0 Å². The molecule has 0 atom stereocenters. The van der Waals surface area contributed by atoms with Crippen LogP contribution in [0.2, 0.25) is 0 Å². The molecule has 0 aliphatic carbocycles. The molecule has 0 saturated carbocycles. The second kappa shape index (κ2) is 8.26. The van der Waals surface area contributed by atoms with E-state index in [1.807, 2.05) is 36.4 Å². The molecule has 0 unspecified atom stereocenters. The summed E-state index contributed by atoms with van der Waals surface area (Å²) >= 11 is 0. The zero-order chi connectivity index (χ0) is 22.0. The number of anilines is 1. The Balaban J connectivity index is 1.63. The highest BCUT2D eigenvalue weighted by molar-refractivity contribution is 6.02. The van der Waals surface area contributed by atoms with Crippen molar-refractivity contribution in [2.24, 2.45) is 0 Å². The number of aliphatic carboxylic acids is 1. The summed E-state index contributed by atoms with van der Waals surface area (Å²) in [6.45, 7) is 7.20. The second-order valence-corrected chi connectivity index (χ2v) is 8.87. The van der Waals surface area contributed by atoms with Crippen molar-refractivity contribution in [3.05, 3.63) is 83.4 Å². The lowest BCUT2D eigenvalue weighted by atomic mass is 9.86. The average Bonchev–Trinajstić information content (AvgIpc) is 3.15. The molecule has 31 heavy (non-hydrogen) atoms. The van der Waals surface area contributed by atoms with Crippen molar-refractivity contribution < 1.29 is 9.90 Å². The quantitative estimate of drug-likeness (QED) is 0.375. The van der Waals surface area contributed by atoms with Gasteiger partial charge in [0.15, 0.2) is 5.82 Å². The summed E-state index contributed by atoms with van der Waals surface area (Å²) in [5.41, 5.74) is 6.46. The number of nitrogens with zero attached hydrogens (tertiary/aromatic N) is 1. The van der Waals surface area contributed by atoms with Gasteiger partial charge in [0.1, 0.15) is 0 Å². The van der Waals surface area contributed by atoms with Crippen LogP contribution in [0.4, 0.5) is 5.82 Å². The van der Waals surface area contributed by atoms with Crippen molar-refractivity contribution in [1.82, 2.24) is 10.2 Å². The van der Waals surface area contributed by atoms with E-state index < -0.39 is 5.97 Å². The number of carboxylic acid groups (broad SMARTS) is 1. The van der Waals surface area contributed by atoms with Crippen LogP contribution in [-0.2, 0) is 23.2 Å². The van der Waals surface area contributed by atoms with Crippen molar-refractivity contribution in [3.8, 4) is 11.1 Å². The summed E-state index contributed by atoms with van der Waals surface area (Å²) in [7, 11) is 0. The maximum atomic E-state index is 11.0. The number of H-pyrrole nitrogens is 1. The molecule has 5 heteroatoms. The second-order valence-electron chi connectivity index (χ2n) is 8.87. The van der Waals surface area contributed by atoms with Crippen LogP contribution < -0.4 is 5.32 Å². The van der Waals surface area contributed by atoms with Gasteiger partial charge in [0, 0.05) is 6.54 Å². The highest BCUT2D eigenvalue weighted by Crippen LogP contribution is 2.34. The molecule has 3 aromatic carbocycles. The summed E-state index contributed by atoms with van der Waals surface area (Å²) < 4.78 is 0. The molecule has 4 rings (SSSR count). The lowest BCUT2D eigenvalue weighted by molar-refractivity contribution is -0.136. The van der Waals surface area contributed by atoms with Crippen LogP contribution in [0.3, 0.4) is 0 Å². The Morgan fingerprint density at radius 2 is 1.71 bits per heavy atom. The first-order valence-electron chi connectivity index (χ1n) is 10.4. The van der Waals surface area contributed by atoms with E-state index in [4.69, 9.17) is 5.11 Å². The van der Waals surface area contributed by atoms with E-state index in [1.165, 1.54) is 5.56 Å². The smallest absolute Gasteiger partial charge is 0.307 e. The van der Waals surface area contributed by atoms with Gasteiger partial charge in [-0.05, 0) is 39.3 Å². The Kier molecular flexibility index (Phi) is 5.51. The third kappa shape index (κ3) is 4.61. The summed E-state index contributed by atoms with van der Waals surface area (Å²) in [6, 6.07) is 22.5. The van der Waals surface area contributed by atoms with Gasteiger partial charge < -0.3 is 10.4 Å². The first-order valence-corrected chi connectivity index (χ1v) is 10.4. The molecule has 0 spiro atoms. The number of aromatic amines is 1. The SMILES string of the molecule is CC(C)(C)c1ccc(-c2cccc3[nH]nc(NCc4cccc(CC(=O)O)c4)c23)cc1. The molecule has 0 saturated heterocycles. The number of carboxylic acids is 1. The van der Waals surface area contributed by atoms with Crippen LogP contribution in [0.25, 0.3) is 22.0 Å². The molecule has 1 aromatic heterocycles. The fourth-order valence-electron chi connectivity index (χ4n) is 3.80. The number of hydrogen-bond donors (Lipinski definition) is 3. The number of nitrogens with one attached hydrogen (secondary N) is 2. The van der Waals surface area contributed by atoms with E-state index in [-0.39, 0.29) is 11.8 Å². The lowest BCUT2D eigenvalue weighted by Crippen LogP contribution is -2.10. The molecule has 0 aliphatic rings. The summed E-state index contributed by atoms with van der Waals surface area (Å²) in [5.74, 6) is -0.0420. The minimum absolute atomic E-state index is 0.0217. The molecular weight excluding hydrogens is 386 g/mol. The minimum atomic E-state index is -0.828. The first-order chi connectivity index (χ1) is 14.8. The van der Waals surface area contributed by atoms with Gasteiger partial charge in [-0.15, -0.1) is 0 Å². The standard InChI is InChI=1S/C26H27N3O2/c1-26(2,3)20-12-10-19(11-13-20)21-8-5-9-22-24(21)25(29-28-22)27-16-18-7-4-6-17(14-18)15-23(30)31/h4-14H,15-16H2,1-3H3,(H,30,31)(H2,27,28,29). The van der Waals surface area contributed by atoms with Gasteiger partial charge in [-0.1, -0.05) is 81.4 Å². The maximum Gasteiger partial charge on any atom is 0.307 e. The third-order valence-electron chi connectivity index (χ3n) is 5.46. The third-order valence-corrected chi connectivity index (χ3v) is 5.46. The molecule has 0 amide bonds. The van der Waals surface area contributed by atoms with Gasteiger partial charge in [-0.25, -0.2) is 0 Å². The predicted molar refractivity (Wildman–Crippen MR) is 125 cm³/mol. The monoisotopic (exact) mass is 413 g/mol. The summed E-state index contributed by atoms with van der Waals surface area (Å²) in [6.07, 6.45) is 0.0217. The molecule has 0 aliphatic heterocycles. The van der Waals surface area contributed by atoms with Crippen LogP contribution in [0.1, 0.15) is 37.5 Å². The first kappa shape index (κ1) is 20.7. The Bertz CT molecular complexity index is 1220. The van der Waals surface area contributed by atoms with Crippen LogP contribution in [-0.4, -0.2) is 21.3 Å². The Morgan fingerprint density at radius 1 is 1.00 bits per heavy atom. The van der Waals surface area contributed by atoms with Gasteiger partial charge in [-0.2, -0.15) is 5.10 Å². The zero-order valence-corrected chi connectivity index (χ0v) is 18.1. The van der Waals surface area contributed by atoms with Crippen molar-refractivity contribution in [3.63, 3.8) is 0 Å². The molecule has 0 fully saturated rings. The molecule has 1 heterocycles. The van der Waals surface area contributed by atoms with Crippen molar-refractivity contribution in [1.29, 1.82) is 0 Å². The van der Waals surface area contributed by atoms with Crippen LogP contribution in [0, 0.1) is 0 Å². The lowest BCUT2D eigenvalue weighted by Gasteiger charge is -2.19. The molecular formula is C26H27N3O2. The van der Waals surface area contributed by atoms with Gasteiger partial charge >= 0.3 is 5.97 Å². The summed E-state index contributed by atoms with van der Waals surface area (Å²) in [5, 5.41) is 21.1. The highest BCUT2D eigenvalue weighted by atomic mass is 16.4. The van der Waals surface area contributed by atoms with Crippen LogP contribution in [0.5, 0.6) is 0 Å². The maximum absolute atomic E-state index is 11.0. The fourth-order valence-corrected chi connectivity index (χ4v) is 3.80. The van der Waals surface area contributed by atoms with Gasteiger partial charge in [0.05, 0.1) is 17.3 Å². The summed E-state index contributed by atoms with van der Waals surface area (Å²) in [4.78, 5) is 11.0. The van der Waals surface area contributed by atoms with Gasteiger partial charge in [0.2, 0.25) is 0 Å². The van der Waals surface area contributed by atoms with E-state index in [9.17, 15) is 4.79 Å². The zero-order valence-electron chi connectivity index (χ0n) is 18.1. The number of rotatable bonds is 6. The normalized spacial score (nSPS) is 11.6. The number of hydrogen-bond acceptors (Lipinski definition) is 3. The number of benzene rings is 3. The molecule has 4 aromatic rings. The van der Waals surface area contributed by atoms with Crippen LogP contribution in [0.15, 0.2) is 66.7 Å². The molecule has 0 radical (unpaired) electrons. The van der Waals surface area contributed by atoms with E-state index >= 15 is 0 Å². The van der Waals surface area contributed by atoms with E-state index in [0.717, 1.165) is 39.0 Å². The molecule has 3 N–H and O–H groups in total. The highest BCUT2D eigenvalue weighted by Gasteiger charge is 2.15. The Labute approximate surface area is 182 Å². The number of aromatic nitrogens is 2. The van der Waals surface area contributed by atoms with Gasteiger partial charge in [0.25, 0.3) is 0 Å². The number of fused-ring (bicyclic) bond motifs is 1. The largest absolute Gasteiger partial charge is 0.481 e. The molecule has 5 nitrogen and oxygen atoms in total. The topological polar surface area (TPSA) is 78.0 Å². The predicted octanol–water partition coefficient (Wildman–Crippen LogP) is 5.77. The van der Waals surface area contributed by atoms with E-state index in [1.54, 1.807) is 0 Å². The molecule has 158 valence electrons. The number of carbonyl (C=O) groups is 1. The minimum Gasteiger partial charge on any atom is -0.481 e. The fraction of sp³-hybridized carbons (Fsp3) is 0.231. The van der Waals surface area contributed by atoms with E-state index in [0.29, 0.717) is 6.54 Å². The van der Waals surface area contributed by atoms with Crippen molar-refractivity contribution >= 4 is 22.7 Å². The average molecular weight is 414 g/mol.